The van der Waals surface area contributed by atoms with Crippen LogP contribution >= 0.6 is 0 Å². The van der Waals surface area contributed by atoms with Crippen molar-refractivity contribution < 1.29 is 19.1 Å². The number of rotatable bonds is 6. The molecule has 4 aromatic rings. The van der Waals surface area contributed by atoms with Crippen LogP contribution in [0.2, 0.25) is 0 Å². The number of ketones is 1. The number of Topliss-reactive ketones (excluding diaryl/α,β-unsaturated/α-hetero) is 1. The molecule has 7 heteroatoms. The van der Waals surface area contributed by atoms with E-state index in [4.69, 9.17) is 5.26 Å². The van der Waals surface area contributed by atoms with Crippen molar-refractivity contribution in [3.8, 4) is 6.07 Å². The van der Waals surface area contributed by atoms with Crippen LogP contribution in [0.25, 0.3) is 10.9 Å². The van der Waals surface area contributed by atoms with E-state index in [9.17, 15) is 14.4 Å². The van der Waals surface area contributed by atoms with Crippen molar-refractivity contribution in [3.05, 3.63) is 101 Å². The maximum absolute atomic E-state index is 13.0. The summed E-state index contributed by atoms with van der Waals surface area (Å²) in [5.41, 5.74) is 3.38. The molecule has 1 aromatic heterocycles. The molecule has 1 heterocycles. The molecule has 0 radical (unpaired) electrons. The molecule has 7 nitrogen and oxygen atoms in total. The number of carbonyl (C=O) groups is 3. The maximum Gasteiger partial charge on any atom is 0.337 e. The Hall–Kier alpha value is -4.70. The second kappa shape index (κ2) is 9.20. The fourth-order valence-corrected chi connectivity index (χ4v) is 3.56. The second-order valence-electron chi connectivity index (χ2n) is 7.35. The number of amides is 1. The molecule has 0 bridgehead atoms. The van der Waals surface area contributed by atoms with Crippen molar-refractivity contribution in [1.82, 2.24) is 4.57 Å². The number of hydrogen-bond donors (Lipinski definition) is 1. The van der Waals surface area contributed by atoms with Gasteiger partial charge in [0, 0.05) is 29.3 Å². The number of aromatic nitrogens is 1. The quantitative estimate of drug-likeness (QED) is 0.277. The van der Waals surface area contributed by atoms with Gasteiger partial charge in [-0.3, -0.25) is 9.59 Å². The minimum Gasteiger partial charge on any atom is -0.465 e. The summed E-state index contributed by atoms with van der Waals surface area (Å²) >= 11 is 0. The Kier molecular flexibility index (Phi) is 6.00. The van der Waals surface area contributed by atoms with Gasteiger partial charge >= 0.3 is 5.97 Å². The van der Waals surface area contributed by atoms with E-state index in [0.717, 1.165) is 11.1 Å². The predicted octanol–water partition coefficient (Wildman–Crippen LogP) is 4.17. The lowest BCUT2D eigenvalue weighted by Gasteiger charge is -2.05. The smallest absolute Gasteiger partial charge is 0.337 e. The number of para-hydroxylation sites is 1. The highest BCUT2D eigenvalue weighted by atomic mass is 16.5. The van der Waals surface area contributed by atoms with E-state index < -0.39 is 17.7 Å². The Morgan fingerprint density at radius 3 is 2.33 bits per heavy atom. The Balaban J connectivity index is 1.58. The van der Waals surface area contributed by atoms with Crippen molar-refractivity contribution in [2.45, 2.75) is 6.54 Å². The van der Waals surface area contributed by atoms with Gasteiger partial charge < -0.3 is 14.6 Å². The molecule has 0 unspecified atom stereocenters. The number of nitrogens with zero attached hydrogens (tertiary/aromatic N) is 2. The van der Waals surface area contributed by atoms with Gasteiger partial charge in [-0.1, -0.05) is 30.3 Å². The molecule has 0 atom stereocenters. The molecule has 33 heavy (non-hydrogen) atoms. The fourth-order valence-electron chi connectivity index (χ4n) is 3.56. The summed E-state index contributed by atoms with van der Waals surface area (Å²) in [6.45, 7) is 0.482. The average Bonchev–Trinajstić information content (AvgIpc) is 3.22. The van der Waals surface area contributed by atoms with Crippen molar-refractivity contribution in [2.24, 2.45) is 0 Å². The number of esters is 1. The summed E-state index contributed by atoms with van der Waals surface area (Å²) in [5, 5.41) is 12.2. The molecule has 1 N–H and O–H groups in total. The van der Waals surface area contributed by atoms with E-state index in [2.05, 4.69) is 16.1 Å². The summed E-state index contributed by atoms with van der Waals surface area (Å²) in [4.78, 5) is 37.2. The van der Waals surface area contributed by atoms with Crippen molar-refractivity contribution >= 4 is 34.3 Å². The van der Waals surface area contributed by atoms with E-state index >= 15 is 0 Å². The Bertz CT molecular complexity index is 1390. The van der Waals surface area contributed by atoms with Gasteiger partial charge in [0.2, 0.25) is 0 Å². The summed E-state index contributed by atoms with van der Waals surface area (Å²) in [7, 11) is 1.29. The molecule has 0 aliphatic heterocycles. The highest BCUT2D eigenvalue weighted by Crippen LogP contribution is 2.24. The normalized spacial score (nSPS) is 10.4. The number of benzene rings is 3. The van der Waals surface area contributed by atoms with Crippen LogP contribution in [0.4, 0.5) is 5.69 Å². The lowest BCUT2D eigenvalue weighted by atomic mass is 10.1. The van der Waals surface area contributed by atoms with E-state index in [1.54, 1.807) is 24.4 Å². The summed E-state index contributed by atoms with van der Waals surface area (Å²) in [6, 6.07) is 22.8. The lowest BCUT2D eigenvalue weighted by Crippen LogP contribution is -2.22. The number of hydrogen-bond acceptors (Lipinski definition) is 5. The second-order valence-corrected chi connectivity index (χ2v) is 7.35. The van der Waals surface area contributed by atoms with E-state index in [0.29, 0.717) is 34.3 Å². The van der Waals surface area contributed by atoms with E-state index in [1.165, 1.54) is 31.4 Å². The third-order valence-electron chi connectivity index (χ3n) is 5.24. The van der Waals surface area contributed by atoms with Gasteiger partial charge in [-0.05, 0) is 48.0 Å². The van der Waals surface area contributed by atoms with Crippen LogP contribution in [0.3, 0.4) is 0 Å². The van der Waals surface area contributed by atoms with Gasteiger partial charge in [0.05, 0.1) is 29.9 Å². The minimum absolute atomic E-state index is 0.294. The summed E-state index contributed by atoms with van der Waals surface area (Å²) < 4.78 is 6.56. The molecule has 162 valence electrons. The van der Waals surface area contributed by atoms with Crippen LogP contribution < -0.4 is 5.32 Å². The first-order valence-electron chi connectivity index (χ1n) is 10.1. The number of nitrogens with one attached hydrogen (secondary N) is 1. The Labute approximate surface area is 189 Å². The van der Waals surface area contributed by atoms with Gasteiger partial charge in [0.1, 0.15) is 0 Å². The fraction of sp³-hybridized carbons (Fsp3) is 0.0769. The van der Waals surface area contributed by atoms with Crippen LogP contribution in [0.15, 0.2) is 79.0 Å². The highest BCUT2D eigenvalue weighted by molar-refractivity contribution is 6.48. The molecular formula is C26H19N3O4. The summed E-state index contributed by atoms with van der Waals surface area (Å²) in [5.74, 6) is -1.93. The number of carbonyl (C=O) groups excluding carboxylic acids is 3. The topological polar surface area (TPSA) is 101 Å². The van der Waals surface area contributed by atoms with Crippen LogP contribution in [0.5, 0.6) is 0 Å². The highest BCUT2D eigenvalue weighted by Gasteiger charge is 2.22. The number of anilines is 1. The van der Waals surface area contributed by atoms with Gasteiger partial charge in [0.25, 0.3) is 11.7 Å². The molecule has 0 spiro atoms. The van der Waals surface area contributed by atoms with Crippen LogP contribution in [0, 0.1) is 11.3 Å². The SMILES string of the molecule is COC(=O)c1ccc(NC(=O)C(=O)c2cn(Cc3ccc(C#N)cc3)c3ccccc23)cc1. The monoisotopic (exact) mass is 437 g/mol. The largest absolute Gasteiger partial charge is 0.465 e. The zero-order valence-electron chi connectivity index (χ0n) is 17.7. The first-order chi connectivity index (χ1) is 16.0. The Morgan fingerprint density at radius 2 is 1.67 bits per heavy atom. The molecule has 0 aliphatic rings. The molecular weight excluding hydrogens is 418 g/mol. The third kappa shape index (κ3) is 4.50. The predicted molar refractivity (Wildman–Crippen MR) is 123 cm³/mol. The first kappa shape index (κ1) is 21.5. The number of ether oxygens (including phenoxy) is 1. The van der Waals surface area contributed by atoms with Gasteiger partial charge in [-0.15, -0.1) is 0 Å². The van der Waals surface area contributed by atoms with Gasteiger partial charge in [0.15, 0.2) is 0 Å². The molecule has 0 aliphatic carbocycles. The van der Waals surface area contributed by atoms with Crippen LogP contribution in [-0.4, -0.2) is 29.3 Å². The minimum atomic E-state index is -0.776. The zero-order chi connectivity index (χ0) is 23.4. The number of methoxy groups -OCH3 is 1. The van der Waals surface area contributed by atoms with Crippen molar-refractivity contribution in [1.29, 1.82) is 5.26 Å². The number of nitriles is 1. The molecule has 3 aromatic carbocycles. The van der Waals surface area contributed by atoms with Crippen molar-refractivity contribution in [3.63, 3.8) is 0 Å². The molecule has 0 saturated carbocycles. The zero-order valence-corrected chi connectivity index (χ0v) is 17.7. The molecule has 4 rings (SSSR count). The van der Waals surface area contributed by atoms with Crippen LogP contribution in [0.1, 0.15) is 31.8 Å². The van der Waals surface area contributed by atoms with E-state index in [-0.39, 0.29) is 0 Å². The third-order valence-corrected chi connectivity index (χ3v) is 5.24. The average molecular weight is 437 g/mol. The van der Waals surface area contributed by atoms with Gasteiger partial charge in [-0.25, -0.2) is 4.79 Å². The number of fused-ring (bicyclic) bond motifs is 1. The molecule has 1 amide bonds. The molecule has 0 fully saturated rings. The van der Waals surface area contributed by atoms with Crippen molar-refractivity contribution in [2.75, 3.05) is 12.4 Å². The Morgan fingerprint density at radius 1 is 0.970 bits per heavy atom. The maximum atomic E-state index is 13.0. The van der Waals surface area contributed by atoms with E-state index in [1.807, 2.05) is 34.9 Å². The summed E-state index contributed by atoms with van der Waals surface area (Å²) in [6.07, 6.45) is 1.67. The van der Waals surface area contributed by atoms with Crippen LogP contribution in [-0.2, 0) is 16.1 Å². The molecule has 0 saturated heterocycles. The first-order valence-corrected chi connectivity index (χ1v) is 10.1. The lowest BCUT2D eigenvalue weighted by molar-refractivity contribution is -0.112. The standard InChI is InChI=1S/C26H19N3O4/c1-33-26(32)19-10-12-20(13-11-19)28-25(31)24(30)22-16-29(23-5-3-2-4-21(22)23)15-18-8-6-17(14-27)7-9-18/h2-13,16H,15H2,1H3,(H,28,31). The van der Waals surface area contributed by atoms with Gasteiger partial charge in [-0.2, -0.15) is 5.26 Å².